The van der Waals surface area contributed by atoms with E-state index in [1.807, 2.05) is 0 Å². The molecule has 1 N–H and O–H groups in total. The number of hydrogen-bond acceptors (Lipinski definition) is 5. The maximum absolute atomic E-state index is 13.2. The van der Waals surface area contributed by atoms with E-state index in [4.69, 9.17) is 0 Å². The van der Waals surface area contributed by atoms with Crippen LogP contribution in [0, 0.1) is 5.92 Å². The Balaban J connectivity index is 1.72. The van der Waals surface area contributed by atoms with Crippen molar-refractivity contribution in [3.05, 3.63) is 47.7 Å². The first-order valence-electron chi connectivity index (χ1n) is 10.0. The van der Waals surface area contributed by atoms with Gasteiger partial charge in [-0.1, -0.05) is 6.07 Å². The Bertz CT molecular complexity index is 1160. The molecule has 1 aliphatic heterocycles. The second-order valence-corrected chi connectivity index (χ2v) is 10.2. The van der Waals surface area contributed by atoms with Gasteiger partial charge in [-0.05, 0) is 43.2 Å². The van der Waals surface area contributed by atoms with Crippen LogP contribution >= 0.6 is 0 Å². The van der Waals surface area contributed by atoms with Crippen molar-refractivity contribution in [1.82, 2.24) is 9.88 Å². The van der Waals surface area contributed by atoms with E-state index in [1.54, 1.807) is 0 Å². The first-order chi connectivity index (χ1) is 15.0. The number of anilines is 1. The molecule has 2 amide bonds. The van der Waals surface area contributed by atoms with Gasteiger partial charge in [0.1, 0.15) is 5.69 Å². The predicted octanol–water partition coefficient (Wildman–Crippen LogP) is 2.99. The highest BCUT2D eigenvalue weighted by atomic mass is 32.2. The van der Waals surface area contributed by atoms with Crippen molar-refractivity contribution < 1.29 is 31.2 Å². The first kappa shape index (κ1) is 22.3. The van der Waals surface area contributed by atoms with Gasteiger partial charge in [0, 0.05) is 35.8 Å². The molecule has 7 nitrogen and oxygen atoms in total. The van der Waals surface area contributed by atoms with E-state index in [0.29, 0.717) is 5.69 Å². The number of nitrogens with zero attached hydrogens (tertiary/aromatic N) is 2. The topological polar surface area (TPSA) is 96.4 Å². The SMILES string of the molecule is O=C(Nc1ccc(C(=O)N2CCS(=O)(=O)CC2)c(-c2cccc(C(F)(F)F)n2)c1)C1CC1. The fourth-order valence-corrected chi connectivity index (χ4v) is 4.64. The molecule has 170 valence electrons. The third-order valence-electron chi connectivity index (χ3n) is 5.41. The number of carbonyl (C=O) groups excluding carboxylic acids is 2. The number of pyridine rings is 1. The lowest BCUT2D eigenvalue weighted by atomic mass is 10.0. The van der Waals surface area contributed by atoms with Gasteiger partial charge in [0.25, 0.3) is 5.91 Å². The summed E-state index contributed by atoms with van der Waals surface area (Å²) < 4.78 is 63.0. The van der Waals surface area contributed by atoms with E-state index in [9.17, 15) is 31.2 Å². The molecule has 2 aliphatic rings. The molecule has 1 saturated heterocycles. The minimum absolute atomic E-state index is 0.00318. The Kier molecular flexibility index (Phi) is 5.70. The van der Waals surface area contributed by atoms with E-state index >= 15 is 0 Å². The van der Waals surface area contributed by atoms with Crippen LogP contribution in [0.5, 0.6) is 0 Å². The second kappa shape index (κ2) is 8.19. The molecule has 0 atom stereocenters. The van der Waals surface area contributed by atoms with Crippen molar-refractivity contribution in [3.63, 3.8) is 0 Å². The molecule has 2 fully saturated rings. The van der Waals surface area contributed by atoms with Crippen LogP contribution in [0.1, 0.15) is 28.9 Å². The lowest BCUT2D eigenvalue weighted by molar-refractivity contribution is -0.141. The van der Waals surface area contributed by atoms with Crippen LogP contribution in [0.3, 0.4) is 0 Å². The number of rotatable bonds is 4. The quantitative estimate of drug-likeness (QED) is 0.746. The zero-order valence-corrected chi connectivity index (χ0v) is 17.7. The minimum atomic E-state index is -4.67. The van der Waals surface area contributed by atoms with E-state index in [2.05, 4.69) is 10.3 Å². The highest BCUT2D eigenvalue weighted by Gasteiger charge is 2.34. The summed E-state index contributed by atoms with van der Waals surface area (Å²) in [5.41, 5.74) is -0.627. The van der Waals surface area contributed by atoms with Gasteiger partial charge in [-0.25, -0.2) is 13.4 Å². The molecule has 1 saturated carbocycles. The molecule has 1 aromatic carbocycles. The summed E-state index contributed by atoms with van der Waals surface area (Å²) in [7, 11) is -3.22. The maximum atomic E-state index is 13.2. The average molecular weight is 467 g/mol. The number of halogens is 3. The van der Waals surface area contributed by atoms with Gasteiger partial charge >= 0.3 is 6.18 Å². The molecular weight excluding hydrogens is 447 g/mol. The Labute approximate surface area is 182 Å². The van der Waals surface area contributed by atoms with Crippen molar-refractivity contribution in [1.29, 1.82) is 0 Å². The largest absolute Gasteiger partial charge is 0.433 e. The van der Waals surface area contributed by atoms with Gasteiger partial charge in [0.15, 0.2) is 9.84 Å². The average Bonchev–Trinajstić information content (AvgIpc) is 3.58. The summed E-state index contributed by atoms with van der Waals surface area (Å²) in [6, 6.07) is 7.74. The van der Waals surface area contributed by atoms with Crippen molar-refractivity contribution >= 4 is 27.3 Å². The number of benzene rings is 1. The summed E-state index contributed by atoms with van der Waals surface area (Å²) in [6.45, 7) is -0.00636. The van der Waals surface area contributed by atoms with Crippen molar-refractivity contribution in [2.24, 2.45) is 5.92 Å². The Hall–Kier alpha value is -2.95. The Morgan fingerprint density at radius 2 is 1.75 bits per heavy atom. The molecule has 0 unspecified atom stereocenters. The fraction of sp³-hybridized carbons (Fsp3) is 0.381. The Morgan fingerprint density at radius 1 is 1.06 bits per heavy atom. The number of alkyl halides is 3. The van der Waals surface area contributed by atoms with Gasteiger partial charge in [-0.15, -0.1) is 0 Å². The fourth-order valence-electron chi connectivity index (χ4n) is 3.44. The molecule has 2 aromatic rings. The molecule has 0 radical (unpaired) electrons. The molecular formula is C21H20F3N3O4S. The van der Waals surface area contributed by atoms with E-state index in [-0.39, 0.29) is 53.2 Å². The molecule has 2 heterocycles. The zero-order valence-electron chi connectivity index (χ0n) is 16.9. The Morgan fingerprint density at radius 3 is 2.38 bits per heavy atom. The summed E-state index contributed by atoms with van der Waals surface area (Å²) in [6.07, 6.45) is -3.11. The van der Waals surface area contributed by atoms with E-state index in [0.717, 1.165) is 18.9 Å². The van der Waals surface area contributed by atoms with Crippen LogP contribution in [0.4, 0.5) is 18.9 Å². The second-order valence-electron chi connectivity index (χ2n) is 7.87. The maximum Gasteiger partial charge on any atom is 0.433 e. The summed E-state index contributed by atoms with van der Waals surface area (Å²) >= 11 is 0. The van der Waals surface area contributed by atoms with Crippen molar-refractivity contribution in [2.45, 2.75) is 19.0 Å². The van der Waals surface area contributed by atoms with E-state index in [1.165, 1.54) is 35.2 Å². The van der Waals surface area contributed by atoms with Crippen LogP contribution in [0.15, 0.2) is 36.4 Å². The smallest absolute Gasteiger partial charge is 0.337 e. The molecule has 1 aliphatic carbocycles. The molecule has 0 bridgehead atoms. The van der Waals surface area contributed by atoms with Crippen molar-refractivity contribution in [3.8, 4) is 11.3 Å². The van der Waals surface area contributed by atoms with Crippen molar-refractivity contribution in [2.75, 3.05) is 29.9 Å². The lowest BCUT2D eigenvalue weighted by Crippen LogP contribution is -2.43. The van der Waals surface area contributed by atoms with Crippen LogP contribution in [-0.4, -0.2) is 54.7 Å². The zero-order chi connectivity index (χ0) is 23.1. The lowest BCUT2D eigenvalue weighted by Gasteiger charge is -2.27. The van der Waals surface area contributed by atoms with Gasteiger partial charge in [0.2, 0.25) is 5.91 Å². The molecule has 32 heavy (non-hydrogen) atoms. The predicted molar refractivity (Wildman–Crippen MR) is 111 cm³/mol. The number of nitrogens with one attached hydrogen (secondary N) is 1. The third kappa shape index (κ3) is 4.93. The van der Waals surface area contributed by atoms with Crippen LogP contribution in [0.2, 0.25) is 0 Å². The summed E-state index contributed by atoms with van der Waals surface area (Å²) in [5, 5.41) is 2.72. The minimum Gasteiger partial charge on any atom is -0.337 e. The van der Waals surface area contributed by atoms with E-state index < -0.39 is 27.6 Å². The molecule has 11 heteroatoms. The number of amides is 2. The molecule has 1 aromatic heterocycles. The van der Waals surface area contributed by atoms with Crippen LogP contribution < -0.4 is 5.32 Å². The number of hydrogen-bond donors (Lipinski definition) is 1. The summed E-state index contributed by atoms with van der Waals surface area (Å²) in [4.78, 5) is 30.3. The van der Waals surface area contributed by atoms with Gasteiger partial charge in [0.05, 0.1) is 17.2 Å². The molecule has 0 spiro atoms. The van der Waals surface area contributed by atoms with Gasteiger partial charge in [-0.3, -0.25) is 9.59 Å². The summed E-state index contributed by atoms with van der Waals surface area (Å²) in [5.74, 6) is -1.12. The molecule has 4 rings (SSSR count). The number of carbonyl (C=O) groups is 2. The number of aromatic nitrogens is 1. The highest BCUT2D eigenvalue weighted by Crippen LogP contribution is 2.34. The third-order valence-corrected chi connectivity index (χ3v) is 7.02. The standard InChI is InChI=1S/C21H20F3N3O4S/c22-21(23,24)18-3-1-2-17(26-18)16-12-14(25-19(28)13-4-5-13)6-7-15(16)20(29)27-8-10-32(30,31)11-9-27/h1-3,6-7,12-13H,4-5,8-11H2,(H,25,28). The van der Waals surface area contributed by atoms with Crippen LogP contribution in [0.25, 0.3) is 11.3 Å². The number of sulfone groups is 1. The monoisotopic (exact) mass is 467 g/mol. The highest BCUT2D eigenvalue weighted by molar-refractivity contribution is 7.91. The first-order valence-corrected chi connectivity index (χ1v) is 11.8. The van der Waals surface area contributed by atoms with Gasteiger partial charge < -0.3 is 10.2 Å². The van der Waals surface area contributed by atoms with Crippen LogP contribution in [-0.2, 0) is 20.8 Å². The van der Waals surface area contributed by atoms with Gasteiger partial charge in [-0.2, -0.15) is 13.2 Å². The normalized spacial score (nSPS) is 18.3.